The molecule has 0 saturated heterocycles. The summed E-state index contributed by atoms with van der Waals surface area (Å²) in [5, 5.41) is 2.31. The number of sulfonamides is 1. The molecule has 1 heterocycles. The summed E-state index contributed by atoms with van der Waals surface area (Å²) < 4.78 is 28.0. The van der Waals surface area contributed by atoms with Crippen LogP contribution in [0.5, 0.6) is 0 Å². The SMILES string of the molecule is CN(C)S(=O)(=O)c1cc(Cl)cc(-c2cs/c(=N/c3ccccc3)n2C)c1. The van der Waals surface area contributed by atoms with E-state index < -0.39 is 10.0 Å². The fraction of sp³-hybridized carbons (Fsp3) is 0.167. The highest BCUT2D eigenvalue weighted by molar-refractivity contribution is 7.89. The van der Waals surface area contributed by atoms with Crippen molar-refractivity contribution in [2.24, 2.45) is 12.0 Å². The van der Waals surface area contributed by atoms with E-state index in [0.29, 0.717) is 5.02 Å². The highest BCUT2D eigenvalue weighted by atomic mass is 35.5. The van der Waals surface area contributed by atoms with Gasteiger partial charge >= 0.3 is 0 Å². The van der Waals surface area contributed by atoms with Gasteiger partial charge in [-0.05, 0) is 30.3 Å². The molecule has 5 nitrogen and oxygen atoms in total. The third-order valence-electron chi connectivity index (χ3n) is 3.85. The van der Waals surface area contributed by atoms with E-state index in [2.05, 4.69) is 4.99 Å². The van der Waals surface area contributed by atoms with Gasteiger partial charge in [-0.15, -0.1) is 11.3 Å². The van der Waals surface area contributed by atoms with E-state index in [1.165, 1.54) is 35.8 Å². The maximum atomic E-state index is 12.4. The van der Waals surface area contributed by atoms with Crippen molar-refractivity contribution in [1.29, 1.82) is 0 Å². The fourth-order valence-electron chi connectivity index (χ4n) is 2.42. The van der Waals surface area contributed by atoms with Crippen molar-refractivity contribution in [3.05, 3.63) is 63.7 Å². The molecule has 0 aliphatic carbocycles. The second kappa shape index (κ2) is 7.36. The average molecular weight is 408 g/mol. The Morgan fingerprint density at radius 2 is 1.81 bits per heavy atom. The van der Waals surface area contributed by atoms with Crippen molar-refractivity contribution < 1.29 is 8.42 Å². The molecule has 0 radical (unpaired) electrons. The number of aromatic nitrogens is 1. The van der Waals surface area contributed by atoms with Gasteiger partial charge in [0, 0.05) is 37.1 Å². The third-order valence-corrected chi connectivity index (χ3v) is 6.78. The van der Waals surface area contributed by atoms with Crippen LogP contribution in [0.2, 0.25) is 5.02 Å². The van der Waals surface area contributed by atoms with Crippen LogP contribution in [0.15, 0.2) is 63.8 Å². The Balaban J connectivity index is 2.12. The molecule has 0 amide bonds. The number of thiazole rings is 1. The predicted molar refractivity (Wildman–Crippen MR) is 106 cm³/mol. The molecule has 0 unspecified atom stereocenters. The van der Waals surface area contributed by atoms with Gasteiger partial charge in [0.15, 0.2) is 4.80 Å². The van der Waals surface area contributed by atoms with E-state index in [4.69, 9.17) is 11.6 Å². The summed E-state index contributed by atoms with van der Waals surface area (Å²) in [6, 6.07) is 14.5. The van der Waals surface area contributed by atoms with Crippen LogP contribution in [0.25, 0.3) is 11.3 Å². The van der Waals surface area contributed by atoms with E-state index in [1.807, 2.05) is 47.3 Å². The van der Waals surface area contributed by atoms with Crippen molar-refractivity contribution in [2.45, 2.75) is 4.90 Å². The minimum atomic E-state index is -3.56. The Labute approximate surface area is 161 Å². The van der Waals surface area contributed by atoms with Gasteiger partial charge in [-0.3, -0.25) is 0 Å². The van der Waals surface area contributed by atoms with Gasteiger partial charge < -0.3 is 4.57 Å². The highest BCUT2D eigenvalue weighted by Gasteiger charge is 2.19. The second-order valence-electron chi connectivity index (χ2n) is 5.87. The smallest absolute Gasteiger partial charge is 0.242 e. The lowest BCUT2D eigenvalue weighted by molar-refractivity contribution is 0.521. The predicted octanol–water partition coefficient (Wildman–Crippen LogP) is 3.89. The molecule has 3 aromatic rings. The van der Waals surface area contributed by atoms with Crippen molar-refractivity contribution in [3.8, 4) is 11.3 Å². The Hall–Kier alpha value is -1.93. The Bertz CT molecular complexity index is 1100. The molecule has 0 aliphatic rings. The molecule has 0 atom stereocenters. The largest absolute Gasteiger partial charge is 0.320 e. The van der Waals surface area contributed by atoms with Crippen molar-refractivity contribution in [1.82, 2.24) is 8.87 Å². The van der Waals surface area contributed by atoms with E-state index >= 15 is 0 Å². The van der Waals surface area contributed by atoms with Crippen molar-refractivity contribution in [2.75, 3.05) is 14.1 Å². The van der Waals surface area contributed by atoms with Gasteiger partial charge in [-0.2, -0.15) is 0 Å². The number of nitrogens with zero attached hydrogens (tertiary/aromatic N) is 3. The molecule has 0 aliphatic heterocycles. The first-order valence-electron chi connectivity index (χ1n) is 7.77. The van der Waals surface area contributed by atoms with E-state index in [0.717, 1.165) is 21.7 Å². The zero-order valence-corrected chi connectivity index (χ0v) is 16.9. The molecule has 1 aromatic heterocycles. The maximum Gasteiger partial charge on any atom is 0.242 e. The molecule has 0 spiro atoms. The molecular weight excluding hydrogens is 390 g/mol. The summed E-state index contributed by atoms with van der Waals surface area (Å²) in [5.74, 6) is 0. The summed E-state index contributed by atoms with van der Waals surface area (Å²) >= 11 is 7.67. The van der Waals surface area contributed by atoms with Crippen LogP contribution in [0.1, 0.15) is 0 Å². The summed E-state index contributed by atoms with van der Waals surface area (Å²) in [4.78, 5) is 5.60. The van der Waals surface area contributed by atoms with Gasteiger partial charge in [0.05, 0.1) is 16.3 Å². The van der Waals surface area contributed by atoms with Gasteiger partial charge in [-0.1, -0.05) is 29.8 Å². The van der Waals surface area contributed by atoms with Crippen molar-refractivity contribution >= 4 is 38.6 Å². The van der Waals surface area contributed by atoms with Crippen LogP contribution >= 0.6 is 22.9 Å². The highest BCUT2D eigenvalue weighted by Crippen LogP contribution is 2.28. The summed E-state index contributed by atoms with van der Waals surface area (Å²) in [5.41, 5.74) is 2.44. The molecule has 2 aromatic carbocycles. The van der Waals surface area contributed by atoms with Crippen LogP contribution in [-0.4, -0.2) is 31.4 Å². The normalized spacial score (nSPS) is 12.7. The van der Waals surface area contributed by atoms with Crippen LogP contribution < -0.4 is 4.80 Å². The molecular formula is C18H18ClN3O2S2. The molecule has 3 rings (SSSR count). The van der Waals surface area contributed by atoms with Gasteiger partial charge in [-0.25, -0.2) is 17.7 Å². The van der Waals surface area contributed by atoms with Crippen LogP contribution in [-0.2, 0) is 17.1 Å². The van der Waals surface area contributed by atoms with Crippen LogP contribution in [0, 0.1) is 0 Å². The number of rotatable bonds is 4. The van der Waals surface area contributed by atoms with E-state index in [-0.39, 0.29) is 4.90 Å². The lowest BCUT2D eigenvalue weighted by Gasteiger charge is -2.13. The molecule has 136 valence electrons. The van der Waals surface area contributed by atoms with Gasteiger partial charge in [0.1, 0.15) is 0 Å². The van der Waals surface area contributed by atoms with Gasteiger partial charge in [0.25, 0.3) is 0 Å². The zero-order valence-electron chi connectivity index (χ0n) is 14.5. The Kier molecular flexibility index (Phi) is 5.34. The van der Waals surface area contributed by atoms with E-state index in [1.54, 1.807) is 12.1 Å². The summed E-state index contributed by atoms with van der Waals surface area (Å²) in [6.45, 7) is 0. The number of benzene rings is 2. The first-order valence-corrected chi connectivity index (χ1v) is 10.5. The minimum Gasteiger partial charge on any atom is -0.320 e. The monoisotopic (exact) mass is 407 g/mol. The zero-order chi connectivity index (χ0) is 18.9. The van der Waals surface area contributed by atoms with Gasteiger partial charge in [0.2, 0.25) is 10.0 Å². The first-order chi connectivity index (χ1) is 12.3. The molecule has 0 bridgehead atoms. The molecule has 26 heavy (non-hydrogen) atoms. The molecule has 8 heteroatoms. The number of hydrogen-bond donors (Lipinski definition) is 0. The first kappa shape index (κ1) is 18.8. The molecule has 0 saturated carbocycles. The number of halogens is 1. The topological polar surface area (TPSA) is 54.7 Å². The lowest BCUT2D eigenvalue weighted by Crippen LogP contribution is -2.22. The second-order valence-corrected chi connectivity index (χ2v) is 9.30. The van der Waals surface area contributed by atoms with Crippen LogP contribution in [0.4, 0.5) is 5.69 Å². The lowest BCUT2D eigenvalue weighted by atomic mass is 10.2. The maximum absolute atomic E-state index is 12.4. The summed E-state index contributed by atoms with van der Waals surface area (Å²) in [7, 11) is 1.33. The third kappa shape index (κ3) is 3.76. The molecule has 0 N–H and O–H groups in total. The van der Waals surface area contributed by atoms with E-state index in [9.17, 15) is 8.42 Å². The van der Waals surface area contributed by atoms with Crippen molar-refractivity contribution in [3.63, 3.8) is 0 Å². The minimum absolute atomic E-state index is 0.165. The Morgan fingerprint density at radius 3 is 2.46 bits per heavy atom. The standard InChI is InChI=1S/C18H18ClN3O2S2/c1-21(2)26(23,24)16-10-13(9-14(19)11-16)17-12-25-18(22(17)3)20-15-7-5-4-6-8-15/h4-12H,1-3H3/b20-18+. The number of para-hydroxylation sites is 1. The number of hydrogen-bond acceptors (Lipinski definition) is 4. The Morgan fingerprint density at radius 1 is 1.12 bits per heavy atom. The quantitative estimate of drug-likeness (QED) is 0.658. The van der Waals surface area contributed by atoms with Crippen LogP contribution in [0.3, 0.4) is 0 Å². The average Bonchev–Trinajstić information content (AvgIpc) is 2.96. The summed E-state index contributed by atoms with van der Waals surface area (Å²) in [6.07, 6.45) is 0. The fourth-order valence-corrected chi connectivity index (χ4v) is 4.62. The molecule has 0 fully saturated rings.